The van der Waals surface area contributed by atoms with Crippen LogP contribution in [0.4, 0.5) is 5.95 Å². The summed E-state index contributed by atoms with van der Waals surface area (Å²) in [6.45, 7) is 0.599. The van der Waals surface area contributed by atoms with Crippen molar-refractivity contribution in [2.24, 2.45) is 0 Å². The van der Waals surface area contributed by atoms with Gasteiger partial charge in [0.05, 0.1) is 24.9 Å². The molecule has 0 saturated carbocycles. The van der Waals surface area contributed by atoms with E-state index < -0.39 is 0 Å². The van der Waals surface area contributed by atoms with Gasteiger partial charge < -0.3 is 10.5 Å². The first kappa shape index (κ1) is 15.1. The molecule has 0 fully saturated rings. The molecule has 25 heavy (non-hydrogen) atoms. The van der Waals surface area contributed by atoms with Crippen molar-refractivity contribution < 1.29 is 4.74 Å². The van der Waals surface area contributed by atoms with Gasteiger partial charge in [0.15, 0.2) is 5.65 Å². The molecule has 3 aromatic heterocycles. The molecule has 0 bridgehead atoms. The number of benzene rings is 1. The van der Waals surface area contributed by atoms with Crippen molar-refractivity contribution in [3.63, 3.8) is 0 Å². The second kappa shape index (κ2) is 6.24. The standard InChI is InChI=1S/C19H17N5O/c1-25-18-14(15-9-5-6-10-21-15)11-16-17(23-18)24(19(20)22-16)12-13-7-3-2-4-8-13/h2-11H,12H2,1H3,(H2,20,22). The van der Waals surface area contributed by atoms with E-state index in [4.69, 9.17) is 10.5 Å². The van der Waals surface area contributed by atoms with Gasteiger partial charge in [-0.15, -0.1) is 0 Å². The number of nitrogens with zero attached hydrogens (tertiary/aromatic N) is 4. The van der Waals surface area contributed by atoms with E-state index in [0.29, 0.717) is 24.0 Å². The van der Waals surface area contributed by atoms with E-state index in [1.807, 2.05) is 59.2 Å². The second-order valence-corrected chi connectivity index (χ2v) is 5.64. The zero-order valence-corrected chi connectivity index (χ0v) is 13.8. The summed E-state index contributed by atoms with van der Waals surface area (Å²) in [4.78, 5) is 13.5. The molecular weight excluding hydrogens is 314 g/mol. The minimum Gasteiger partial charge on any atom is -0.480 e. The second-order valence-electron chi connectivity index (χ2n) is 5.64. The topological polar surface area (TPSA) is 78.8 Å². The lowest BCUT2D eigenvalue weighted by molar-refractivity contribution is 0.400. The lowest BCUT2D eigenvalue weighted by Gasteiger charge is -2.09. The molecule has 3 heterocycles. The van der Waals surface area contributed by atoms with Gasteiger partial charge in [-0.3, -0.25) is 9.55 Å². The van der Waals surface area contributed by atoms with Crippen LogP contribution in [0.1, 0.15) is 5.56 Å². The van der Waals surface area contributed by atoms with Crippen LogP contribution in [0, 0.1) is 0 Å². The number of rotatable bonds is 4. The highest BCUT2D eigenvalue weighted by atomic mass is 16.5. The number of aromatic nitrogens is 4. The number of imidazole rings is 1. The summed E-state index contributed by atoms with van der Waals surface area (Å²) >= 11 is 0. The van der Waals surface area contributed by atoms with Crippen molar-refractivity contribution in [2.75, 3.05) is 12.8 Å². The molecule has 6 nitrogen and oxygen atoms in total. The molecule has 6 heteroatoms. The van der Waals surface area contributed by atoms with Crippen LogP contribution in [-0.4, -0.2) is 26.6 Å². The predicted molar refractivity (Wildman–Crippen MR) is 97.3 cm³/mol. The number of nitrogens with two attached hydrogens (primary N) is 1. The smallest absolute Gasteiger partial charge is 0.224 e. The summed E-state index contributed by atoms with van der Waals surface area (Å²) < 4.78 is 7.37. The summed E-state index contributed by atoms with van der Waals surface area (Å²) in [5.74, 6) is 0.923. The molecule has 0 aliphatic heterocycles. The third kappa shape index (κ3) is 2.78. The summed E-state index contributed by atoms with van der Waals surface area (Å²) in [6.07, 6.45) is 1.74. The van der Waals surface area contributed by atoms with E-state index >= 15 is 0 Å². The molecule has 4 rings (SSSR count). The van der Waals surface area contributed by atoms with Crippen LogP contribution in [0.25, 0.3) is 22.4 Å². The van der Waals surface area contributed by atoms with Gasteiger partial charge in [0, 0.05) is 6.20 Å². The Morgan fingerprint density at radius 1 is 1.04 bits per heavy atom. The normalized spacial score (nSPS) is 10.9. The van der Waals surface area contributed by atoms with E-state index in [1.54, 1.807) is 13.3 Å². The maximum Gasteiger partial charge on any atom is 0.224 e. The fourth-order valence-corrected chi connectivity index (χ4v) is 2.83. The number of ether oxygens (including phenoxy) is 1. The first-order chi connectivity index (χ1) is 12.3. The van der Waals surface area contributed by atoms with E-state index in [9.17, 15) is 0 Å². The molecule has 0 radical (unpaired) electrons. The predicted octanol–water partition coefficient (Wildman–Crippen LogP) is 3.13. The Morgan fingerprint density at radius 2 is 1.84 bits per heavy atom. The number of hydrogen-bond donors (Lipinski definition) is 1. The molecule has 0 spiro atoms. The van der Waals surface area contributed by atoms with E-state index in [-0.39, 0.29) is 0 Å². The summed E-state index contributed by atoms with van der Waals surface area (Å²) in [5, 5.41) is 0. The lowest BCUT2D eigenvalue weighted by atomic mass is 10.1. The SMILES string of the molecule is COc1nc2c(cc1-c1ccccn1)nc(N)n2Cc1ccccc1. The van der Waals surface area contributed by atoms with Gasteiger partial charge in [-0.1, -0.05) is 36.4 Å². The van der Waals surface area contributed by atoms with Gasteiger partial charge in [0.2, 0.25) is 11.8 Å². The van der Waals surface area contributed by atoms with Gasteiger partial charge in [0.1, 0.15) is 5.52 Å². The van der Waals surface area contributed by atoms with Crippen LogP contribution in [0.3, 0.4) is 0 Å². The number of hydrogen-bond acceptors (Lipinski definition) is 5. The Morgan fingerprint density at radius 3 is 2.56 bits per heavy atom. The van der Waals surface area contributed by atoms with E-state index in [1.165, 1.54) is 0 Å². The van der Waals surface area contributed by atoms with Crippen LogP contribution < -0.4 is 10.5 Å². The molecule has 1 aromatic carbocycles. The summed E-state index contributed by atoms with van der Waals surface area (Å²) in [7, 11) is 1.60. The highest BCUT2D eigenvalue weighted by Gasteiger charge is 2.16. The Balaban J connectivity index is 1.86. The monoisotopic (exact) mass is 331 g/mol. The zero-order chi connectivity index (χ0) is 17.2. The van der Waals surface area contributed by atoms with Gasteiger partial charge in [0.25, 0.3) is 0 Å². The van der Waals surface area contributed by atoms with Gasteiger partial charge in [-0.05, 0) is 23.8 Å². The van der Waals surface area contributed by atoms with Crippen LogP contribution in [-0.2, 0) is 6.54 Å². The number of methoxy groups -OCH3 is 1. The number of anilines is 1. The minimum absolute atomic E-state index is 0.423. The van der Waals surface area contributed by atoms with Crippen molar-refractivity contribution in [3.05, 3.63) is 66.4 Å². The van der Waals surface area contributed by atoms with Crippen molar-refractivity contribution in [1.29, 1.82) is 0 Å². The van der Waals surface area contributed by atoms with Gasteiger partial charge in [-0.25, -0.2) is 4.98 Å². The minimum atomic E-state index is 0.423. The van der Waals surface area contributed by atoms with Crippen LogP contribution >= 0.6 is 0 Å². The number of nitrogen functional groups attached to an aromatic ring is 1. The van der Waals surface area contributed by atoms with Crippen LogP contribution in [0.15, 0.2) is 60.8 Å². The summed E-state index contributed by atoms with van der Waals surface area (Å²) in [6, 6.07) is 17.7. The Labute approximate surface area is 144 Å². The molecule has 2 N–H and O–H groups in total. The molecular formula is C19H17N5O. The molecule has 124 valence electrons. The lowest BCUT2D eigenvalue weighted by Crippen LogP contribution is -2.05. The molecule has 0 aliphatic rings. The van der Waals surface area contributed by atoms with E-state index in [2.05, 4.69) is 15.0 Å². The average molecular weight is 331 g/mol. The molecule has 0 unspecified atom stereocenters. The molecule has 0 amide bonds. The van der Waals surface area contributed by atoms with Crippen LogP contribution in [0.2, 0.25) is 0 Å². The molecule has 0 atom stereocenters. The molecule has 0 aliphatic carbocycles. The average Bonchev–Trinajstić information content (AvgIpc) is 2.97. The Kier molecular flexibility index (Phi) is 3.78. The Hall–Kier alpha value is -3.41. The van der Waals surface area contributed by atoms with Gasteiger partial charge >= 0.3 is 0 Å². The molecule has 0 saturated heterocycles. The third-order valence-electron chi connectivity index (χ3n) is 4.03. The first-order valence-corrected chi connectivity index (χ1v) is 7.92. The fraction of sp³-hybridized carbons (Fsp3) is 0.105. The maximum atomic E-state index is 6.14. The number of fused-ring (bicyclic) bond motifs is 1. The van der Waals surface area contributed by atoms with Gasteiger partial charge in [-0.2, -0.15) is 4.98 Å². The Bertz CT molecular complexity index is 1010. The van der Waals surface area contributed by atoms with E-state index in [0.717, 1.165) is 22.3 Å². The largest absolute Gasteiger partial charge is 0.480 e. The molecule has 4 aromatic rings. The van der Waals surface area contributed by atoms with Crippen molar-refractivity contribution in [2.45, 2.75) is 6.54 Å². The zero-order valence-electron chi connectivity index (χ0n) is 13.8. The highest BCUT2D eigenvalue weighted by molar-refractivity contribution is 5.82. The van der Waals surface area contributed by atoms with Crippen LogP contribution in [0.5, 0.6) is 5.88 Å². The van der Waals surface area contributed by atoms with Crippen molar-refractivity contribution in [1.82, 2.24) is 19.5 Å². The fourth-order valence-electron chi connectivity index (χ4n) is 2.83. The summed E-state index contributed by atoms with van der Waals surface area (Å²) in [5.41, 5.74) is 10.2. The first-order valence-electron chi connectivity index (χ1n) is 7.92. The maximum absolute atomic E-state index is 6.14. The number of pyridine rings is 2. The quantitative estimate of drug-likeness (QED) is 0.621. The van der Waals surface area contributed by atoms with Crippen molar-refractivity contribution in [3.8, 4) is 17.1 Å². The highest BCUT2D eigenvalue weighted by Crippen LogP contribution is 2.31. The third-order valence-corrected chi connectivity index (χ3v) is 4.03. The van der Waals surface area contributed by atoms with Crippen molar-refractivity contribution >= 4 is 17.1 Å².